The summed E-state index contributed by atoms with van der Waals surface area (Å²) in [6.07, 6.45) is 2.31. The van der Waals surface area contributed by atoms with Gasteiger partial charge in [-0.3, -0.25) is 51.4 Å². The molecule has 0 radical (unpaired) electrons. The van der Waals surface area contributed by atoms with Gasteiger partial charge in [-0.2, -0.15) is 0 Å². The number of imidazole rings is 3. The molecule has 0 unspecified atom stereocenters. The smallest absolute Gasteiger partial charge is 0.335 e. The van der Waals surface area contributed by atoms with Crippen molar-refractivity contribution in [2.45, 2.75) is 78.2 Å². The van der Waals surface area contributed by atoms with E-state index in [0.717, 1.165) is 40.4 Å². The molecule has 28 heteroatoms. The zero-order valence-electron chi connectivity index (χ0n) is 44.7. The van der Waals surface area contributed by atoms with Crippen molar-refractivity contribution in [3.63, 3.8) is 0 Å². The van der Waals surface area contributed by atoms with Crippen LogP contribution in [-0.4, -0.2) is 153 Å². The van der Waals surface area contributed by atoms with Gasteiger partial charge in [-0.05, 0) is 122 Å². The van der Waals surface area contributed by atoms with Crippen LogP contribution in [0.1, 0.15) is 98.9 Å². The van der Waals surface area contributed by atoms with E-state index in [4.69, 9.17) is 39.9 Å². The fraction of sp³-hybridized carbons (Fsp3) is 0.389. The summed E-state index contributed by atoms with van der Waals surface area (Å²) >= 11 is 27.7. The van der Waals surface area contributed by atoms with Gasteiger partial charge >= 0.3 is 23.0 Å². The highest BCUT2D eigenvalue weighted by Gasteiger charge is 2.36. The second-order valence-electron chi connectivity index (χ2n) is 20.2. The number of carbonyl (C=O) groups is 6. The van der Waals surface area contributed by atoms with Gasteiger partial charge in [-0.1, -0.05) is 34.8 Å². The first-order chi connectivity index (χ1) is 39.1. The Morgan fingerprint density at radius 2 is 0.793 bits per heavy atom. The van der Waals surface area contributed by atoms with E-state index in [1.165, 1.54) is 12.1 Å². The third-order valence-electron chi connectivity index (χ3n) is 15.0. The summed E-state index contributed by atoms with van der Waals surface area (Å²) in [5, 5.41) is 13.1. The molecule has 5 amide bonds. The highest BCUT2D eigenvalue weighted by molar-refractivity contribution is 9.11. The molecule has 2 N–H and O–H groups in total. The maximum absolute atomic E-state index is 12.9. The van der Waals surface area contributed by atoms with E-state index in [9.17, 15) is 43.2 Å². The fourth-order valence-corrected chi connectivity index (χ4v) is 11.9. The van der Waals surface area contributed by atoms with Crippen LogP contribution in [0.15, 0.2) is 82.4 Å². The van der Waals surface area contributed by atoms with Crippen molar-refractivity contribution in [3.8, 4) is 0 Å². The van der Waals surface area contributed by atoms with Gasteiger partial charge in [-0.15, -0.1) is 0 Å². The monoisotopic (exact) mass is 1370 g/mol. The molecule has 12 rings (SSSR count). The summed E-state index contributed by atoms with van der Waals surface area (Å²) in [6.45, 7) is 7.69. The summed E-state index contributed by atoms with van der Waals surface area (Å²) in [7, 11) is 5.27. The number of carboxylic acids is 1. The Morgan fingerprint density at radius 3 is 1.16 bits per heavy atom. The molecule has 0 atom stereocenters. The van der Waals surface area contributed by atoms with E-state index in [0.29, 0.717) is 138 Å². The van der Waals surface area contributed by atoms with Crippen molar-refractivity contribution in [3.05, 3.63) is 165 Å². The van der Waals surface area contributed by atoms with E-state index in [1.807, 2.05) is 0 Å². The Bertz CT molecular complexity index is 3610. The van der Waals surface area contributed by atoms with Crippen molar-refractivity contribution in [2.75, 3.05) is 60.4 Å². The van der Waals surface area contributed by atoms with Crippen LogP contribution >= 0.6 is 82.6 Å². The molecule has 6 aliphatic heterocycles. The lowest BCUT2D eigenvalue weighted by Crippen LogP contribution is -2.41. The molecule has 6 aliphatic rings. The molecule has 0 aliphatic carbocycles. The van der Waals surface area contributed by atoms with E-state index in [2.05, 4.69) is 53.1 Å². The maximum Gasteiger partial charge on any atom is 0.335 e. The Balaban J connectivity index is 0.000000138. The lowest BCUT2D eigenvalue weighted by Gasteiger charge is -2.28. The molecule has 0 bridgehead atoms. The van der Waals surface area contributed by atoms with Crippen LogP contribution in [0.25, 0.3) is 0 Å². The molecule has 434 valence electrons. The number of hydrogen-bond donors (Lipinski definition) is 2. The Kier molecular flexibility index (Phi) is 18.6. The SMILES string of the molecule is CN1CCCn2c(c3n(c2=O)CCN(C(=O)c2ccc(Br)c(Cl)c2)C3)C1=O.CN1CCCn2c(c3n(c2=O)CCN(C(=O)c2ccc(Br)c(Cl)c2)C3)C1=O.CN1CCCn2c(c3n(c2=O)CCNC3)C1=O.O=C(O)c1ccc(Br)c(Cl)c1. The Labute approximate surface area is 509 Å². The first-order valence-electron chi connectivity index (χ1n) is 26.2. The minimum atomic E-state index is -0.973. The molecule has 6 aromatic rings. The second kappa shape index (κ2) is 25.3. The fourth-order valence-electron chi connectivity index (χ4n) is 10.7. The number of carboxylic acid groups (broad SMARTS) is 1. The highest BCUT2D eigenvalue weighted by atomic mass is 79.9. The van der Waals surface area contributed by atoms with Crippen LogP contribution < -0.4 is 22.4 Å². The van der Waals surface area contributed by atoms with E-state index < -0.39 is 5.97 Å². The van der Waals surface area contributed by atoms with Crippen LogP contribution in [0.4, 0.5) is 0 Å². The Hall–Kier alpha value is -6.22. The number of amides is 5. The molecule has 0 fully saturated rings. The molecule has 9 heterocycles. The number of hydrogen-bond acceptors (Lipinski definition) is 10. The van der Waals surface area contributed by atoms with Crippen LogP contribution in [0, 0.1) is 0 Å². The second-order valence-corrected chi connectivity index (χ2v) is 24.0. The van der Waals surface area contributed by atoms with Gasteiger partial charge in [0.2, 0.25) is 0 Å². The number of rotatable bonds is 3. The number of benzene rings is 3. The zero-order valence-corrected chi connectivity index (χ0v) is 51.8. The topological polar surface area (TPSA) is 232 Å². The number of aromatic nitrogens is 6. The number of nitrogens with zero attached hydrogens (tertiary/aromatic N) is 11. The van der Waals surface area contributed by atoms with Crippen molar-refractivity contribution in [1.82, 2.24) is 57.2 Å². The number of aromatic carboxylic acids is 1. The summed E-state index contributed by atoms with van der Waals surface area (Å²) in [5.41, 5.74) is 4.27. The van der Waals surface area contributed by atoms with Crippen molar-refractivity contribution in [1.29, 1.82) is 0 Å². The molecule has 0 spiro atoms. The lowest BCUT2D eigenvalue weighted by atomic mass is 10.1. The summed E-state index contributed by atoms with van der Waals surface area (Å²) in [5.74, 6) is -1.68. The average Bonchev–Trinajstić information content (AvgIpc) is 3.71. The van der Waals surface area contributed by atoms with Gasteiger partial charge in [0.25, 0.3) is 29.5 Å². The third kappa shape index (κ3) is 12.1. The molecule has 22 nitrogen and oxygen atoms in total. The van der Waals surface area contributed by atoms with E-state index in [-0.39, 0.29) is 65.3 Å². The number of carbonyl (C=O) groups excluding carboxylic acids is 5. The molecular formula is C54H56Br3Cl3N12O10. The normalized spacial score (nSPS) is 16.5. The van der Waals surface area contributed by atoms with Crippen molar-refractivity contribution < 1.29 is 33.9 Å². The quantitative estimate of drug-likeness (QED) is 0.196. The molecule has 0 saturated heterocycles. The molecule has 0 saturated carbocycles. The molecule has 82 heavy (non-hydrogen) atoms. The summed E-state index contributed by atoms with van der Waals surface area (Å²) in [6, 6.07) is 14.6. The standard InChI is InChI=1S/2C18H18BrClN4O3.C11H16N4O2.C7H4BrClO2/c2*1-21-5-2-6-24-15(17(21)26)14-10-22(7-8-23(14)18(24)27)16(25)11-3-4-12(19)13(20)9-11;1-13-4-2-5-15-9(10(13)16)8-7-12-3-6-14(8)11(15)17;8-5-2-1-4(7(10)11)3-6(5)9/h2*3-4,9H,2,5-8,10H2,1H3;12H,2-7H2,1H3;1-3H,(H,10,11). The van der Waals surface area contributed by atoms with Crippen molar-refractivity contribution >= 4 is 118 Å². The zero-order chi connectivity index (χ0) is 59.0. The van der Waals surface area contributed by atoms with Gasteiger partial charge in [0, 0.05) is 131 Å². The number of nitrogens with one attached hydrogen (secondary N) is 1. The van der Waals surface area contributed by atoms with E-state index in [1.54, 1.807) is 116 Å². The van der Waals surface area contributed by atoms with Crippen LogP contribution in [0.3, 0.4) is 0 Å². The molecule has 3 aromatic heterocycles. The predicted molar refractivity (Wildman–Crippen MR) is 316 cm³/mol. The number of fused-ring (bicyclic) bond motifs is 9. The predicted octanol–water partition coefficient (Wildman–Crippen LogP) is 6.42. The summed E-state index contributed by atoms with van der Waals surface area (Å²) < 4.78 is 11.9. The molecular weight excluding hydrogens is 1320 g/mol. The molecule has 3 aromatic carbocycles. The van der Waals surface area contributed by atoms with Gasteiger partial charge in [0.1, 0.15) is 17.1 Å². The van der Waals surface area contributed by atoms with Gasteiger partial charge < -0.3 is 34.9 Å². The van der Waals surface area contributed by atoms with Crippen molar-refractivity contribution in [2.24, 2.45) is 0 Å². The van der Waals surface area contributed by atoms with Crippen LogP contribution in [0.2, 0.25) is 15.1 Å². The van der Waals surface area contributed by atoms with Gasteiger partial charge in [0.05, 0.1) is 50.8 Å². The average molecular weight is 1380 g/mol. The third-order valence-corrected chi connectivity index (χ3v) is 18.7. The first-order valence-corrected chi connectivity index (χ1v) is 29.7. The van der Waals surface area contributed by atoms with Crippen LogP contribution in [0.5, 0.6) is 0 Å². The Morgan fingerprint density at radius 1 is 0.451 bits per heavy atom. The van der Waals surface area contributed by atoms with Crippen LogP contribution in [-0.2, 0) is 58.9 Å². The van der Waals surface area contributed by atoms with Gasteiger partial charge in [-0.25, -0.2) is 19.2 Å². The summed E-state index contributed by atoms with van der Waals surface area (Å²) in [4.78, 5) is 120. The lowest BCUT2D eigenvalue weighted by molar-refractivity contribution is 0.0690. The highest BCUT2D eigenvalue weighted by Crippen LogP contribution is 2.29. The maximum atomic E-state index is 12.9. The minimum Gasteiger partial charge on any atom is -0.478 e. The van der Waals surface area contributed by atoms with Gasteiger partial charge in [0.15, 0.2) is 0 Å². The largest absolute Gasteiger partial charge is 0.478 e. The first kappa shape index (κ1) is 60.4. The van der Waals surface area contributed by atoms with E-state index >= 15 is 0 Å². The minimum absolute atomic E-state index is 0.0276. The number of halogens is 6.